The van der Waals surface area contributed by atoms with Crippen LogP contribution in [-0.2, 0) is 24.1 Å². The number of aromatic hydroxyl groups is 1. The maximum Gasteiger partial charge on any atom is 0.251 e. The number of benzodiazepines with no additional fused rings is 1. The predicted octanol–water partition coefficient (Wildman–Crippen LogP) is 5.60. The van der Waals surface area contributed by atoms with Crippen molar-refractivity contribution < 1.29 is 9.90 Å². The van der Waals surface area contributed by atoms with Crippen molar-refractivity contribution in [1.82, 2.24) is 0 Å². The van der Waals surface area contributed by atoms with E-state index in [1.807, 2.05) is 24.3 Å². The fourth-order valence-corrected chi connectivity index (χ4v) is 4.36. The van der Waals surface area contributed by atoms with E-state index in [9.17, 15) is 9.90 Å². The number of nitrogens with zero attached hydrogens (tertiary/aromatic N) is 2. The molecule has 0 bridgehead atoms. The van der Waals surface area contributed by atoms with Gasteiger partial charge in [0.15, 0.2) is 0 Å². The lowest BCUT2D eigenvalue weighted by Crippen LogP contribution is -2.36. The Morgan fingerprint density at radius 1 is 0.938 bits per heavy atom. The van der Waals surface area contributed by atoms with Crippen LogP contribution in [0.2, 0.25) is 5.02 Å². The Balaban J connectivity index is 1.84. The highest BCUT2D eigenvalue weighted by atomic mass is 35.5. The number of phenolic OH excluding ortho intramolecular Hbond substituents is 1. The first-order valence-corrected chi connectivity index (χ1v) is 11.3. The minimum atomic E-state index is -0.563. The van der Waals surface area contributed by atoms with Gasteiger partial charge in [0.25, 0.3) is 5.91 Å². The third-order valence-electron chi connectivity index (χ3n) is 5.97. The van der Waals surface area contributed by atoms with Crippen LogP contribution < -0.4 is 4.90 Å². The third-order valence-corrected chi connectivity index (χ3v) is 6.21. The van der Waals surface area contributed by atoms with E-state index in [0.717, 1.165) is 35.2 Å². The molecule has 1 atom stereocenters. The molecule has 3 aromatic rings. The Labute approximate surface area is 194 Å². The lowest BCUT2D eigenvalue weighted by atomic mass is 9.97. The van der Waals surface area contributed by atoms with Crippen LogP contribution in [-0.4, -0.2) is 29.8 Å². The van der Waals surface area contributed by atoms with Crippen LogP contribution in [0.15, 0.2) is 65.7 Å². The summed E-state index contributed by atoms with van der Waals surface area (Å²) in [5, 5.41) is 10.3. The average molecular weight is 447 g/mol. The minimum absolute atomic E-state index is 0.0534. The summed E-state index contributed by atoms with van der Waals surface area (Å²) in [6.07, 6.45) is 2.42. The van der Waals surface area contributed by atoms with Gasteiger partial charge in [0.05, 0.1) is 11.4 Å². The van der Waals surface area contributed by atoms with E-state index in [0.29, 0.717) is 17.2 Å². The second-order valence-corrected chi connectivity index (χ2v) is 8.60. The Morgan fingerprint density at radius 2 is 1.56 bits per heavy atom. The molecule has 0 spiro atoms. The molecule has 164 valence electrons. The zero-order valence-corrected chi connectivity index (χ0v) is 19.4. The van der Waals surface area contributed by atoms with Gasteiger partial charge in [-0.25, -0.2) is 0 Å². The molecule has 0 aromatic heterocycles. The lowest BCUT2D eigenvalue weighted by molar-refractivity contribution is -0.119. The monoisotopic (exact) mass is 446 g/mol. The highest BCUT2D eigenvalue weighted by Gasteiger charge is 2.30. The van der Waals surface area contributed by atoms with Crippen LogP contribution in [0.4, 0.5) is 5.69 Å². The molecule has 0 fully saturated rings. The van der Waals surface area contributed by atoms with Gasteiger partial charge in [-0.2, -0.15) is 0 Å². The summed E-state index contributed by atoms with van der Waals surface area (Å²) < 4.78 is 0. The van der Waals surface area contributed by atoms with Gasteiger partial charge in [-0.1, -0.05) is 43.6 Å². The van der Waals surface area contributed by atoms with Crippen LogP contribution in [0.25, 0.3) is 0 Å². The molecule has 1 heterocycles. The van der Waals surface area contributed by atoms with E-state index < -0.39 is 6.04 Å². The number of hydrogen-bond donors (Lipinski definition) is 1. The first-order valence-electron chi connectivity index (χ1n) is 11.0. The molecule has 32 heavy (non-hydrogen) atoms. The fourth-order valence-electron chi connectivity index (χ4n) is 4.18. The molecule has 1 aliphatic rings. The Morgan fingerprint density at radius 3 is 2.19 bits per heavy atom. The van der Waals surface area contributed by atoms with Gasteiger partial charge in [-0.05, 0) is 72.0 Å². The molecular formula is C27H27ClN2O2. The summed E-state index contributed by atoms with van der Waals surface area (Å²) in [6.45, 7) is 4.29. The number of phenols is 1. The zero-order valence-electron chi connectivity index (χ0n) is 18.6. The number of rotatable bonds is 5. The van der Waals surface area contributed by atoms with E-state index in [1.165, 1.54) is 11.1 Å². The van der Waals surface area contributed by atoms with Gasteiger partial charge < -0.3 is 10.0 Å². The minimum Gasteiger partial charge on any atom is -0.508 e. The molecular weight excluding hydrogens is 420 g/mol. The average Bonchev–Trinajstić information content (AvgIpc) is 2.89. The van der Waals surface area contributed by atoms with Crippen molar-refractivity contribution in [1.29, 1.82) is 0 Å². The van der Waals surface area contributed by atoms with E-state index in [1.54, 1.807) is 30.1 Å². The highest BCUT2D eigenvalue weighted by molar-refractivity contribution is 6.32. The largest absolute Gasteiger partial charge is 0.508 e. The van der Waals surface area contributed by atoms with Crippen LogP contribution >= 0.6 is 11.6 Å². The number of fused-ring (bicyclic) bond motifs is 1. The van der Waals surface area contributed by atoms with Gasteiger partial charge in [0.1, 0.15) is 11.8 Å². The van der Waals surface area contributed by atoms with Crippen LogP contribution in [0, 0.1) is 0 Å². The van der Waals surface area contributed by atoms with E-state index in [-0.39, 0.29) is 11.7 Å². The molecule has 1 N–H and O–H groups in total. The molecule has 3 aromatic carbocycles. The number of aliphatic imine (C=N–C) groups is 1. The Hall–Kier alpha value is -3.11. The number of benzene rings is 3. The lowest BCUT2D eigenvalue weighted by Gasteiger charge is -2.21. The van der Waals surface area contributed by atoms with Crippen molar-refractivity contribution in [3.63, 3.8) is 0 Å². The van der Waals surface area contributed by atoms with Gasteiger partial charge >= 0.3 is 0 Å². The molecule has 0 saturated carbocycles. The van der Waals surface area contributed by atoms with Gasteiger partial charge in [-0.3, -0.25) is 9.79 Å². The summed E-state index contributed by atoms with van der Waals surface area (Å²) >= 11 is 6.33. The number of halogens is 1. The Bertz CT molecular complexity index is 1160. The van der Waals surface area contributed by atoms with Crippen molar-refractivity contribution >= 4 is 28.9 Å². The Kier molecular flexibility index (Phi) is 6.33. The molecule has 5 heteroatoms. The molecule has 1 aliphatic heterocycles. The maximum atomic E-state index is 13.5. The molecule has 4 rings (SSSR count). The zero-order chi connectivity index (χ0) is 22.8. The quantitative estimate of drug-likeness (QED) is 0.555. The van der Waals surface area contributed by atoms with E-state index >= 15 is 0 Å². The first-order chi connectivity index (χ1) is 15.4. The van der Waals surface area contributed by atoms with E-state index in [2.05, 4.69) is 32.0 Å². The second kappa shape index (κ2) is 9.17. The first kappa shape index (κ1) is 22.1. The van der Waals surface area contributed by atoms with E-state index in [4.69, 9.17) is 16.6 Å². The summed E-state index contributed by atoms with van der Waals surface area (Å²) in [5.41, 5.74) is 6.76. The third kappa shape index (κ3) is 4.42. The number of carbonyl (C=O) groups is 1. The van der Waals surface area contributed by atoms with Crippen molar-refractivity contribution in [2.24, 2.45) is 4.99 Å². The summed E-state index contributed by atoms with van der Waals surface area (Å²) in [5.74, 6) is 0.129. The fraction of sp³-hybridized carbons (Fsp3) is 0.259. The number of anilines is 1. The number of likely N-dealkylation sites (N-methyl/N-ethyl adjacent to an activating group) is 1. The van der Waals surface area contributed by atoms with Gasteiger partial charge in [0, 0.05) is 29.6 Å². The maximum absolute atomic E-state index is 13.5. The van der Waals surface area contributed by atoms with Crippen molar-refractivity contribution in [2.75, 3.05) is 11.9 Å². The SMILES string of the molecule is CCc1cc(CC)cc(CC2N=C(c3ccc(O)cc3)c3cc(Cl)ccc3N(C)C2=O)c1. The van der Waals surface area contributed by atoms with Crippen molar-refractivity contribution in [3.8, 4) is 5.75 Å². The summed E-state index contributed by atoms with van der Waals surface area (Å²) in [6, 6.07) is 18.4. The molecule has 0 radical (unpaired) electrons. The number of aryl methyl sites for hydroxylation is 2. The number of carbonyl (C=O) groups excluding carboxylic acids is 1. The molecule has 0 saturated heterocycles. The highest BCUT2D eigenvalue weighted by Crippen LogP contribution is 2.31. The van der Waals surface area contributed by atoms with Crippen LogP contribution in [0.5, 0.6) is 5.75 Å². The molecule has 1 amide bonds. The summed E-state index contributed by atoms with van der Waals surface area (Å²) in [7, 11) is 1.79. The molecule has 0 aliphatic carbocycles. The van der Waals surface area contributed by atoms with Gasteiger partial charge in [-0.15, -0.1) is 0 Å². The molecule has 1 unspecified atom stereocenters. The van der Waals surface area contributed by atoms with Crippen LogP contribution in [0.3, 0.4) is 0 Å². The second-order valence-electron chi connectivity index (χ2n) is 8.17. The van der Waals surface area contributed by atoms with Crippen molar-refractivity contribution in [2.45, 2.75) is 39.2 Å². The normalized spacial score (nSPS) is 15.9. The predicted molar refractivity (Wildman–Crippen MR) is 131 cm³/mol. The van der Waals surface area contributed by atoms with Crippen LogP contribution in [0.1, 0.15) is 41.7 Å². The van der Waals surface area contributed by atoms with Gasteiger partial charge in [0.2, 0.25) is 0 Å². The topological polar surface area (TPSA) is 52.9 Å². The van der Waals surface area contributed by atoms with Crippen molar-refractivity contribution in [3.05, 3.63) is 93.5 Å². The smallest absolute Gasteiger partial charge is 0.251 e. The standard InChI is InChI=1S/C27H27ClN2O2/c1-4-17-12-18(5-2)14-19(13-17)15-24-27(32)30(3)25-11-8-21(28)16-23(25)26(29-24)20-6-9-22(31)10-7-20/h6-14,16,24,31H,4-5,15H2,1-3H3. The molecule has 4 nitrogen and oxygen atoms in total. The number of hydrogen-bond acceptors (Lipinski definition) is 3. The number of amides is 1. The summed E-state index contributed by atoms with van der Waals surface area (Å²) in [4.78, 5) is 20.1.